The van der Waals surface area contributed by atoms with Crippen LogP contribution in [0.1, 0.15) is 183 Å². The Morgan fingerprint density at radius 3 is 0.715 bits per heavy atom. The Balaban J connectivity index is 0.000000121. The molecule has 20 rings (SSSR count). The highest BCUT2D eigenvalue weighted by atomic mass is 32.1. The van der Waals surface area contributed by atoms with Gasteiger partial charge in [-0.05, 0) is 280 Å². The van der Waals surface area contributed by atoms with E-state index in [4.69, 9.17) is 0 Å². The van der Waals surface area contributed by atoms with Crippen LogP contribution in [-0.4, -0.2) is 93.0 Å². The number of fused-ring (bicyclic) bond motifs is 4. The lowest BCUT2D eigenvalue weighted by Crippen LogP contribution is -2.06. The Kier molecular flexibility index (Phi) is 23.9. The van der Waals surface area contributed by atoms with Gasteiger partial charge in [0.1, 0.15) is 28.7 Å². The van der Waals surface area contributed by atoms with E-state index in [0.29, 0.717) is 67.4 Å². The van der Waals surface area contributed by atoms with Crippen LogP contribution < -0.4 is 0 Å². The highest BCUT2D eigenvalue weighted by Crippen LogP contribution is 2.54. The zero-order chi connectivity index (χ0) is 92.0. The maximum Gasteiger partial charge on any atom is 0.307 e. The third-order valence-corrected chi connectivity index (χ3v) is 30.0. The summed E-state index contributed by atoms with van der Waals surface area (Å²) in [4.78, 5) is 102. The number of hydrogen-bond donors (Lipinski definition) is 9. The van der Waals surface area contributed by atoms with Crippen molar-refractivity contribution >= 4 is 133 Å². The molecule has 0 aliphatic heterocycles. The summed E-state index contributed by atoms with van der Waals surface area (Å²) in [5, 5.41) is 90.4. The molecule has 4 fully saturated rings. The van der Waals surface area contributed by atoms with Gasteiger partial charge in [-0.3, -0.25) is 38.4 Å². The molecule has 16 aromatic rings. The average Bonchev–Trinajstić information content (AvgIpc) is 1.60. The summed E-state index contributed by atoms with van der Waals surface area (Å²) >= 11 is 5.51. The first-order chi connectivity index (χ1) is 62.2. The van der Waals surface area contributed by atoms with Crippen LogP contribution in [0.25, 0.3) is 84.9 Å². The van der Waals surface area contributed by atoms with E-state index in [0.717, 1.165) is 157 Å². The number of rotatable bonds is 20. The molecule has 0 radical (unpaired) electrons. The van der Waals surface area contributed by atoms with E-state index in [1.54, 1.807) is 60.7 Å². The van der Waals surface area contributed by atoms with Gasteiger partial charge in [0.2, 0.25) is 23.1 Å². The standard InChI is InChI=1S/2C28H24O4S.C27H22O5S.C26H20O4S/c2*1-14-10-15(2)24(16(3)11-14)26(30)27-25(20-9-8-19(29)12-23(20)33-27)18-6-4-17(5-7-18)21-13-22(21)28(31)32;1-13-9-18(29)10-14(2)23(13)25(30)26-24(19-8-7-17(28)11-22(19)33-26)16-5-3-15(4-6-16)20-12-21(20)27(31)32;1-14-4-2-3-5-18(14)24(28)25-23(19-11-10-17(27)12-22(19)31-25)16-8-6-15(7-9-16)20-13-21(20)26(29)30/h2*4-12,21-22,29H,13H2,1-3H3,(H,31,32);3-11,20-21,28-29H,12H2,1-2H3,(H,31,32);2-12,20-21,27H,13H2,1H3,(H,29,30). The van der Waals surface area contributed by atoms with Crippen LogP contribution in [0.3, 0.4) is 0 Å². The molecule has 4 aliphatic carbocycles. The van der Waals surface area contributed by atoms with Crippen molar-refractivity contribution < 1.29 is 84.3 Å². The van der Waals surface area contributed by atoms with Gasteiger partial charge in [-0.1, -0.05) is 157 Å². The molecule has 4 aromatic heterocycles. The predicted molar refractivity (Wildman–Crippen MR) is 513 cm³/mol. The van der Waals surface area contributed by atoms with Crippen molar-refractivity contribution in [2.75, 3.05) is 0 Å². The summed E-state index contributed by atoms with van der Waals surface area (Å²) in [5.41, 5.74) is 22.0. The molecule has 9 N–H and O–H groups in total. The molecule has 4 heterocycles. The molecular weight excluding hydrogens is 1710 g/mol. The van der Waals surface area contributed by atoms with Crippen molar-refractivity contribution in [3.63, 3.8) is 0 Å². The van der Waals surface area contributed by atoms with Crippen molar-refractivity contribution in [2.45, 2.75) is 112 Å². The molecule has 0 spiro atoms. The fourth-order valence-electron chi connectivity index (χ4n) is 18.7. The van der Waals surface area contributed by atoms with E-state index in [2.05, 4.69) is 0 Å². The summed E-state index contributed by atoms with van der Waals surface area (Å²) < 4.78 is 3.37. The minimum absolute atomic E-state index is 0.0158. The highest BCUT2D eigenvalue weighted by molar-refractivity contribution is 7.23. The topological polar surface area (TPSA) is 319 Å². The van der Waals surface area contributed by atoms with Crippen LogP contribution in [0, 0.1) is 86.0 Å². The maximum atomic E-state index is 13.8. The molecule has 4 aliphatic rings. The summed E-state index contributed by atoms with van der Waals surface area (Å²) in [6.07, 6.45) is 2.67. The Labute approximate surface area is 764 Å². The lowest BCUT2D eigenvalue weighted by atomic mass is 9.92. The average molecular weight is 1800 g/mol. The summed E-state index contributed by atoms with van der Waals surface area (Å²) in [6.45, 7) is 17.5. The first-order valence-electron chi connectivity index (χ1n) is 42.7. The summed E-state index contributed by atoms with van der Waals surface area (Å²) in [6, 6.07) is 70.9. The Morgan fingerprint density at radius 1 is 0.254 bits per heavy atom. The second kappa shape index (κ2) is 35.2. The van der Waals surface area contributed by atoms with E-state index in [-0.39, 0.29) is 99.2 Å². The molecule has 12 aromatic carbocycles. The number of carbonyl (C=O) groups is 8. The molecule has 0 bridgehead atoms. The van der Waals surface area contributed by atoms with E-state index >= 15 is 0 Å². The number of phenols is 5. The molecule has 21 heteroatoms. The first kappa shape index (κ1) is 88.1. The van der Waals surface area contributed by atoms with Crippen LogP contribution >= 0.6 is 45.3 Å². The largest absolute Gasteiger partial charge is 0.508 e. The molecule has 130 heavy (non-hydrogen) atoms. The summed E-state index contributed by atoms with van der Waals surface area (Å²) in [7, 11) is 0. The van der Waals surface area contributed by atoms with Gasteiger partial charge >= 0.3 is 23.9 Å². The second-order valence-corrected chi connectivity index (χ2v) is 38.9. The van der Waals surface area contributed by atoms with Gasteiger partial charge in [-0.2, -0.15) is 0 Å². The third-order valence-electron chi connectivity index (χ3n) is 25.4. The predicted octanol–water partition coefficient (Wildman–Crippen LogP) is 25.3. The van der Waals surface area contributed by atoms with E-state index in [9.17, 15) is 84.3 Å². The van der Waals surface area contributed by atoms with Crippen molar-refractivity contribution in [3.05, 3.63) is 345 Å². The molecule has 8 unspecified atom stereocenters. The molecule has 8 atom stereocenters. The van der Waals surface area contributed by atoms with Crippen molar-refractivity contribution in [2.24, 2.45) is 23.7 Å². The number of carboxylic acids is 4. The van der Waals surface area contributed by atoms with Crippen molar-refractivity contribution in [1.82, 2.24) is 0 Å². The zero-order valence-corrected chi connectivity index (χ0v) is 75.6. The van der Waals surface area contributed by atoms with Gasteiger partial charge in [0.25, 0.3) is 0 Å². The Morgan fingerprint density at radius 2 is 0.485 bits per heavy atom. The van der Waals surface area contributed by atoms with Crippen LogP contribution in [0.4, 0.5) is 0 Å². The van der Waals surface area contributed by atoms with Gasteiger partial charge in [0, 0.05) is 84.9 Å². The number of ketones is 4. The molecule has 652 valence electrons. The number of hydrogen-bond acceptors (Lipinski definition) is 17. The van der Waals surface area contributed by atoms with E-state index in [1.165, 1.54) is 45.3 Å². The lowest BCUT2D eigenvalue weighted by Gasteiger charge is -2.11. The molecule has 0 amide bonds. The summed E-state index contributed by atoms with van der Waals surface area (Å²) in [5.74, 6) is -3.43. The first-order valence-corrected chi connectivity index (χ1v) is 46.0. The van der Waals surface area contributed by atoms with Crippen LogP contribution in [0.5, 0.6) is 28.7 Å². The third kappa shape index (κ3) is 17.4. The highest BCUT2D eigenvalue weighted by Gasteiger charge is 2.47. The maximum absolute atomic E-state index is 13.8. The quantitative estimate of drug-likeness (QED) is 0.0320. The van der Waals surface area contributed by atoms with Crippen molar-refractivity contribution in [1.29, 1.82) is 0 Å². The van der Waals surface area contributed by atoms with E-state index < -0.39 is 23.9 Å². The zero-order valence-electron chi connectivity index (χ0n) is 72.3. The number of aryl methyl sites for hydroxylation is 9. The monoisotopic (exact) mass is 1800 g/mol. The van der Waals surface area contributed by atoms with Crippen LogP contribution in [0.2, 0.25) is 0 Å². The Hall–Kier alpha value is -14.0. The minimum Gasteiger partial charge on any atom is -0.508 e. The molecule has 17 nitrogen and oxygen atoms in total. The van der Waals surface area contributed by atoms with Gasteiger partial charge in [-0.15, -0.1) is 45.3 Å². The fourth-order valence-corrected chi connectivity index (χ4v) is 23.6. The number of carbonyl (C=O) groups excluding carboxylic acids is 4. The molecular formula is C109H90O17S4. The van der Waals surface area contributed by atoms with Gasteiger partial charge < -0.3 is 46.0 Å². The normalized spacial score (nSPS) is 17.4. The van der Waals surface area contributed by atoms with Crippen LogP contribution in [0.15, 0.2) is 231 Å². The minimum atomic E-state index is -0.764. The number of aliphatic carboxylic acids is 4. The second-order valence-electron chi connectivity index (χ2n) is 34.7. The van der Waals surface area contributed by atoms with Crippen molar-refractivity contribution in [3.8, 4) is 73.3 Å². The smallest absolute Gasteiger partial charge is 0.307 e. The van der Waals surface area contributed by atoms with Gasteiger partial charge in [0.05, 0.1) is 43.2 Å². The number of carboxylic acid groups (broad SMARTS) is 4. The lowest BCUT2D eigenvalue weighted by molar-refractivity contribution is -0.139. The Bertz CT molecular complexity index is 6770. The van der Waals surface area contributed by atoms with E-state index in [1.807, 2.05) is 232 Å². The number of thiophene rings is 4. The fraction of sp³-hybridized carbons (Fsp3) is 0.193. The molecule has 4 saturated carbocycles. The number of benzene rings is 12. The number of phenolic OH excluding ortho intramolecular Hbond substituents is 5. The van der Waals surface area contributed by atoms with Gasteiger partial charge in [0.15, 0.2) is 0 Å². The van der Waals surface area contributed by atoms with Gasteiger partial charge in [-0.25, -0.2) is 0 Å². The SMILES string of the molecule is Cc1cc(C)c(C(=O)c2sc3cc(O)ccc3c2-c2ccc(C3CC3C(=O)O)cc2)c(C)c1.Cc1cc(C)c(C(=O)c2sc3cc(O)ccc3c2-c2ccc(C3CC3C(=O)O)cc2)c(C)c1.Cc1cc(O)cc(C)c1C(=O)c1sc2cc(O)ccc2c1-c1ccc(C2CC2C(=O)O)cc1.Cc1ccccc1C(=O)c1sc2cc(O)ccc2c1-c1ccc(C2CC2C(=O)O)cc1. The van der Waals surface area contributed by atoms with Crippen LogP contribution in [-0.2, 0) is 19.2 Å². The number of aromatic hydroxyl groups is 5. The molecule has 0 saturated heterocycles.